The number of thioether (sulfide) groups is 1. The van der Waals surface area contributed by atoms with Crippen LogP contribution in [0.3, 0.4) is 0 Å². The summed E-state index contributed by atoms with van der Waals surface area (Å²) in [6.07, 6.45) is 0.835. The van der Waals surface area contributed by atoms with Crippen LogP contribution in [0.2, 0.25) is 10.0 Å². The lowest BCUT2D eigenvalue weighted by atomic mass is 10.1. The number of carbonyl (C=O) groups excluding carboxylic acids is 2. The Labute approximate surface area is 171 Å². The lowest BCUT2D eigenvalue weighted by Crippen LogP contribution is -2.40. The van der Waals surface area contributed by atoms with Gasteiger partial charge in [0.25, 0.3) is 0 Å². The maximum atomic E-state index is 11.9. The van der Waals surface area contributed by atoms with Gasteiger partial charge in [0.15, 0.2) is 5.82 Å². The second-order valence-corrected chi connectivity index (χ2v) is 7.86. The molecule has 2 aromatic rings. The number of rotatable bonds is 7. The number of hydrogen-bond donors (Lipinski definition) is 3. The minimum Gasteiger partial charge on any atom is -0.338 e. The van der Waals surface area contributed by atoms with Crippen molar-refractivity contribution in [1.29, 1.82) is 0 Å². The predicted octanol–water partition coefficient (Wildman–Crippen LogP) is 2.93. The molecule has 0 atom stereocenters. The first kappa shape index (κ1) is 21.3. The third-order valence-electron chi connectivity index (χ3n) is 3.43. The molecular weight excluding hydrogens is 411 g/mol. The van der Waals surface area contributed by atoms with Crippen molar-refractivity contribution in [3.8, 4) is 11.4 Å². The van der Waals surface area contributed by atoms with Gasteiger partial charge >= 0.3 is 6.03 Å². The Balaban J connectivity index is 1.91. The number of nitrogen functional groups attached to an aromatic ring is 1. The van der Waals surface area contributed by atoms with Crippen LogP contribution in [0, 0.1) is 5.92 Å². The molecule has 0 aliphatic carbocycles. The number of amides is 3. The fourth-order valence-corrected chi connectivity index (χ4v) is 3.07. The lowest BCUT2D eigenvalue weighted by molar-refractivity contribution is -0.117. The molecule has 0 fully saturated rings. The van der Waals surface area contributed by atoms with Crippen molar-refractivity contribution in [2.45, 2.75) is 25.4 Å². The van der Waals surface area contributed by atoms with Gasteiger partial charge in [-0.25, -0.2) is 9.47 Å². The van der Waals surface area contributed by atoms with E-state index in [1.165, 1.54) is 4.68 Å². The standard InChI is InChI=1S/C16H20Cl2N6O2S/c1-9(2)5-6-20-15(26)21-13(25)8-27-16-23-22-14(24(16)19)11-7-10(17)3-4-12(11)18/h3-4,7,9H,5-6,8,19H2,1-2H3,(H2,20,21,25,26). The zero-order valence-electron chi connectivity index (χ0n) is 14.8. The van der Waals surface area contributed by atoms with E-state index in [4.69, 9.17) is 29.0 Å². The molecule has 11 heteroatoms. The van der Waals surface area contributed by atoms with Crippen molar-refractivity contribution in [2.75, 3.05) is 18.1 Å². The number of halogens is 2. The van der Waals surface area contributed by atoms with Crippen molar-refractivity contribution in [3.05, 3.63) is 28.2 Å². The lowest BCUT2D eigenvalue weighted by Gasteiger charge is -2.08. The van der Waals surface area contributed by atoms with Gasteiger partial charge in [-0.3, -0.25) is 10.1 Å². The molecule has 2 rings (SSSR count). The molecule has 0 saturated carbocycles. The summed E-state index contributed by atoms with van der Waals surface area (Å²) in [5, 5.41) is 14.0. The Hall–Kier alpha value is -1.97. The van der Waals surface area contributed by atoms with E-state index >= 15 is 0 Å². The molecular formula is C16H20Cl2N6O2S. The van der Waals surface area contributed by atoms with E-state index in [1.807, 2.05) is 0 Å². The highest BCUT2D eigenvalue weighted by Gasteiger charge is 2.17. The average molecular weight is 431 g/mol. The molecule has 0 saturated heterocycles. The summed E-state index contributed by atoms with van der Waals surface area (Å²) in [4.78, 5) is 23.5. The first-order chi connectivity index (χ1) is 12.8. The maximum absolute atomic E-state index is 11.9. The van der Waals surface area contributed by atoms with Gasteiger partial charge in [0.2, 0.25) is 11.1 Å². The minimum atomic E-state index is -0.526. The fourth-order valence-electron chi connectivity index (χ4n) is 2.04. The van der Waals surface area contributed by atoms with Crippen LogP contribution in [0.4, 0.5) is 4.79 Å². The van der Waals surface area contributed by atoms with Gasteiger partial charge in [0, 0.05) is 17.1 Å². The van der Waals surface area contributed by atoms with Crippen molar-refractivity contribution in [3.63, 3.8) is 0 Å². The Morgan fingerprint density at radius 1 is 1.30 bits per heavy atom. The Bertz CT molecular complexity index is 827. The minimum absolute atomic E-state index is 0.0454. The Kier molecular flexibility index (Phi) is 7.76. The van der Waals surface area contributed by atoms with Gasteiger partial charge in [-0.15, -0.1) is 10.2 Å². The largest absolute Gasteiger partial charge is 0.338 e. The highest BCUT2D eigenvalue weighted by atomic mass is 35.5. The number of benzene rings is 1. The molecule has 27 heavy (non-hydrogen) atoms. The van der Waals surface area contributed by atoms with E-state index in [-0.39, 0.29) is 5.75 Å². The third-order valence-corrected chi connectivity index (χ3v) is 4.93. The van der Waals surface area contributed by atoms with E-state index in [9.17, 15) is 9.59 Å². The van der Waals surface area contributed by atoms with Crippen molar-refractivity contribution >= 4 is 46.9 Å². The molecule has 1 aromatic heterocycles. The normalized spacial score (nSPS) is 10.9. The van der Waals surface area contributed by atoms with Crippen LogP contribution in [0.1, 0.15) is 20.3 Å². The summed E-state index contributed by atoms with van der Waals surface area (Å²) < 4.78 is 1.22. The van der Waals surface area contributed by atoms with Gasteiger partial charge in [-0.2, -0.15) is 0 Å². The monoisotopic (exact) mass is 430 g/mol. The summed E-state index contributed by atoms with van der Waals surface area (Å²) >= 11 is 13.2. The number of urea groups is 1. The number of nitrogens with zero attached hydrogens (tertiary/aromatic N) is 3. The Morgan fingerprint density at radius 2 is 2.04 bits per heavy atom. The van der Waals surface area contributed by atoms with Crippen LogP contribution in [0.25, 0.3) is 11.4 Å². The SMILES string of the molecule is CC(C)CCNC(=O)NC(=O)CSc1nnc(-c2cc(Cl)ccc2Cl)n1N. The average Bonchev–Trinajstić information content (AvgIpc) is 2.95. The van der Waals surface area contributed by atoms with Crippen molar-refractivity contribution in [1.82, 2.24) is 25.5 Å². The van der Waals surface area contributed by atoms with Crippen LogP contribution in [-0.2, 0) is 4.79 Å². The molecule has 1 aromatic carbocycles. The molecule has 0 unspecified atom stereocenters. The number of carbonyl (C=O) groups is 2. The molecule has 0 bridgehead atoms. The quantitative estimate of drug-likeness (QED) is 0.459. The van der Waals surface area contributed by atoms with Crippen LogP contribution >= 0.6 is 35.0 Å². The van der Waals surface area contributed by atoms with E-state index in [1.54, 1.807) is 18.2 Å². The molecule has 0 aliphatic rings. The number of aromatic nitrogens is 3. The Morgan fingerprint density at radius 3 is 2.74 bits per heavy atom. The maximum Gasteiger partial charge on any atom is 0.321 e. The van der Waals surface area contributed by atoms with Crippen LogP contribution in [0.5, 0.6) is 0 Å². The summed E-state index contributed by atoms with van der Waals surface area (Å²) in [6, 6.07) is 4.38. The van der Waals surface area contributed by atoms with E-state index in [2.05, 4.69) is 34.7 Å². The van der Waals surface area contributed by atoms with E-state index in [0.29, 0.717) is 39.1 Å². The second kappa shape index (κ2) is 9.82. The number of nitrogens with one attached hydrogen (secondary N) is 2. The van der Waals surface area contributed by atoms with Crippen LogP contribution < -0.4 is 16.5 Å². The molecule has 146 valence electrons. The second-order valence-electron chi connectivity index (χ2n) is 6.08. The number of imide groups is 1. The molecule has 0 spiro atoms. The van der Waals surface area contributed by atoms with Crippen molar-refractivity contribution < 1.29 is 9.59 Å². The zero-order valence-corrected chi connectivity index (χ0v) is 17.2. The third kappa shape index (κ3) is 6.30. The molecule has 0 aliphatic heterocycles. The first-order valence-electron chi connectivity index (χ1n) is 8.14. The molecule has 4 N–H and O–H groups in total. The smallest absolute Gasteiger partial charge is 0.321 e. The fraction of sp³-hybridized carbons (Fsp3) is 0.375. The van der Waals surface area contributed by atoms with Gasteiger partial charge in [-0.1, -0.05) is 48.8 Å². The van der Waals surface area contributed by atoms with Gasteiger partial charge in [0.1, 0.15) is 0 Å². The molecule has 1 heterocycles. The summed E-state index contributed by atoms with van der Waals surface area (Å²) in [7, 11) is 0. The van der Waals surface area contributed by atoms with Crippen LogP contribution in [0.15, 0.2) is 23.4 Å². The zero-order chi connectivity index (χ0) is 20.0. The first-order valence-corrected chi connectivity index (χ1v) is 9.88. The van der Waals surface area contributed by atoms with Crippen molar-refractivity contribution in [2.24, 2.45) is 5.92 Å². The molecule has 3 amide bonds. The summed E-state index contributed by atoms with van der Waals surface area (Å²) in [6.45, 7) is 4.61. The summed E-state index contributed by atoms with van der Waals surface area (Å²) in [5.41, 5.74) is 0.528. The predicted molar refractivity (Wildman–Crippen MR) is 107 cm³/mol. The summed E-state index contributed by atoms with van der Waals surface area (Å²) in [5.74, 6) is 6.27. The number of nitrogens with two attached hydrogens (primary N) is 1. The topological polar surface area (TPSA) is 115 Å². The highest BCUT2D eigenvalue weighted by molar-refractivity contribution is 7.99. The van der Waals surface area contributed by atoms with E-state index < -0.39 is 11.9 Å². The number of hydrogen-bond acceptors (Lipinski definition) is 6. The van der Waals surface area contributed by atoms with Gasteiger partial charge in [-0.05, 0) is 30.5 Å². The molecule has 8 nitrogen and oxygen atoms in total. The van der Waals surface area contributed by atoms with Gasteiger partial charge in [0.05, 0.1) is 10.8 Å². The molecule has 0 radical (unpaired) electrons. The van der Waals surface area contributed by atoms with E-state index in [0.717, 1.165) is 18.2 Å². The van der Waals surface area contributed by atoms with Gasteiger partial charge < -0.3 is 11.2 Å². The highest BCUT2D eigenvalue weighted by Crippen LogP contribution is 2.30. The van der Waals surface area contributed by atoms with Crippen LogP contribution in [-0.4, -0.2) is 39.1 Å².